The van der Waals surface area contributed by atoms with E-state index >= 15 is 0 Å². The predicted octanol–water partition coefficient (Wildman–Crippen LogP) is 4.96. The van der Waals surface area contributed by atoms with Crippen LogP contribution in [0.1, 0.15) is 47.2 Å². The number of carbonyl (C=O) groups is 1. The van der Waals surface area contributed by atoms with Crippen LogP contribution in [0.5, 0.6) is 0 Å². The van der Waals surface area contributed by atoms with Gasteiger partial charge in [0.2, 0.25) is 0 Å². The molecule has 1 aliphatic heterocycles. The molecule has 2 N–H and O–H groups in total. The normalized spacial score (nSPS) is 18.3. The number of rotatable bonds is 6. The molecule has 33 heavy (non-hydrogen) atoms. The van der Waals surface area contributed by atoms with Gasteiger partial charge in [0.25, 0.3) is 5.91 Å². The van der Waals surface area contributed by atoms with E-state index in [9.17, 15) is 13.6 Å². The molecule has 2 aromatic carbocycles. The summed E-state index contributed by atoms with van der Waals surface area (Å²) >= 11 is 3.57. The summed E-state index contributed by atoms with van der Waals surface area (Å²) < 4.78 is 30.0. The van der Waals surface area contributed by atoms with Gasteiger partial charge in [0, 0.05) is 36.7 Å². The molecule has 1 aromatic heterocycles. The van der Waals surface area contributed by atoms with Crippen LogP contribution in [0.2, 0.25) is 0 Å². The lowest BCUT2D eigenvalue weighted by atomic mass is 9.85. The van der Waals surface area contributed by atoms with Crippen molar-refractivity contribution in [1.82, 2.24) is 20.4 Å². The molecule has 5 nitrogen and oxygen atoms in total. The molecule has 1 aliphatic rings. The van der Waals surface area contributed by atoms with E-state index in [1.54, 1.807) is 12.3 Å². The van der Waals surface area contributed by atoms with Crippen LogP contribution in [0.15, 0.2) is 47.1 Å². The third-order valence-corrected chi connectivity index (χ3v) is 6.79. The van der Waals surface area contributed by atoms with Crippen LogP contribution < -0.4 is 10.6 Å². The first-order chi connectivity index (χ1) is 15.9. The number of benzene rings is 2. The summed E-state index contributed by atoms with van der Waals surface area (Å²) in [6.45, 7) is 3.43. The maximum atomic E-state index is 13.8. The largest absolute Gasteiger partial charge is 0.347 e. The smallest absolute Gasteiger partial charge is 0.251 e. The Labute approximate surface area is 200 Å². The topological polar surface area (TPSA) is 59.0 Å². The fourth-order valence-corrected chi connectivity index (χ4v) is 5.12. The molecule has 2 atom stereocenters. The first-order valence-corrected chi connectivity index (χ1v) is 12.0. The van der Waals surface area contributed by atoms with E-state index in [1.165, 1.54) is 6.07 Å². The average Bonchev–Trinajstić information content (AvgIpc) is 3.14. The lowest BCUT2D eigenvalue weighted by molar-refractivity contribution is 0.0924. The Bertz CT molecular complexity index is 1140. The van der Waals surface area contributed by atoms with Gasteiger partial charge in [-0.1, -0.05) is 25.5 Å². The SMILES string of the molecule is CCCc1cc(C(=O)N[C@@H]2CNCC[C@H]2c2ccc(F)c(F)c2)ccc1-c1c(Br)cnn1C. The summed E-state index contributed by atoms with van der Waals surface area (Å²) in [5, 5.41) is 10.7. The monoisotopic (exact) mass is 516 g/mol. The molecule has 1 amide bonds. The van der Waals surface area contributed by atoms with Crippen molar-refractivity contribution in [3.63, 3.8) is 0 Å². The Kier molecular flexibility index (Phi) is 7.24. The van der Waals surface area contributed by atoms with Gasteiger partial charge < -0.3 is 10.6 Å². The van der Waals surface area contributed by atoms with Crippen molar-refractivity contribution >= 4 is 21.8 Å². The molecule has 0 saturated carbocycles. The quantitative estimate of drug-likeness (QED) is 0.487. The molecule has 0 spiro atoms. The Morgan fingerprint density at radius 2 is 2.06 bits per heavy atom. The second-order valence-electron chi connectivity index (χ2n) is 8.44. The fraction of sp³-hybridized carbons (Fsp3) is 0.360. The maximum absolute atomic E-state index is 13.8. The van der Waals surface area contributed by atoms with Crippen LogP contribution in [0.3, 0.4) is 0 Å². The van der Waals surface area contributed by atoms with Crippen LogP contribution in [0.4, 0.5) is 8.78 Å². The van der Waals surface area contributed by atoms with Gasteiger partial charge in [0.05, 0.1) is 16.4 Å². The highest BCUT2D eigenvalue weighted by Crippen LogP contribution is 2.32. The zero-order valence-electron chi connectivity index (χ0n) is 18.7. The Hall–Kier alpha value is -2.58. The van der Waals surface area contributed by atoms with Gasteiger partial charge in [-0.25, -0.2) is 8.78 Å². The minimum absolute atomic E-state index is 0.0925. The van der Waals surface area contributed by atoms with Crippen molar-refractivity contribution in [3.8, 4) is 11.3 Å². The second-order valence-corrected chi connectivity index (χ2v) is 9.29. The molecule has 0 bridgehead atoms. The molecule has 0 unspecified atom stereocenters. The molecular formula is C25H27BrF2N4O. The zero-order valence-corrected chi connectivity index (χ0v) is 20.3. The van der Waals surface area contributed by atoms with Crippen LogP contribution in [0, 0.1) is 11.6 Å². The number of aryl methyl sites for hydroxylation is 2. The minimum atomic E-state index is -0.864. The van der Waals surface area contributed by atoms with Crippen molar-refractivity contribution in [2.75, 3.05) is 13.1 Å². The zero-order chi connectivity index (χ0) is 23.5. The third kappa shape index (κ3) is 5.01. The highest BCUT2D eigenvalue weighted by Gasteiger charge is 2.29. The van der Waals surface area contributed by atoms with E-state index in [0.29, 0.717) is 17.7 Å². The predicted molar refractivity (Wildman–Crippen MR) is 128 cm³/mol. The number of aromatic nitrogens is 2. The summed E-state index contributed by atoms with van der Waals surface area (Å²) in [5.41, 5.74) is 4.37. The van der Waals surface area contributed by atoms with Crippen molar-refractivity contribution < 1.29 is 13.6 Å². The maximum Gasteiger partial charge on any atom is 0.251 e. The van der Waals surface area contributed by atoms with Gasteiger partial charge >= 0.3 is 0 Å². The lowest BCUT2D eigenvalue weighted by Gasteiger charge is -2.33. The fourth-order valence-electron chi connectivity index (χ4n) is 4.56. The second kappa shape index (κ2) is 10.1. The Morgan fingerprint density at radius 1 is 1.24 bits per heavy atom. The first kappa shape index (κ1) is 23.6. The molecule has 174 valence electrons. The number of hydrogen-bond acceptors (Lipinski definition) is 3. The number of carbonyl (C=O) groups excluding carboxylic acids is 1. The molecule has 4 rings (SSSR count). The number of piperidine rings is 1. The molecule has 0 aliphatic carbocycles. The van der Waals surface area contributed by atoms with Gasteiger partial charge in [-0.3, -0.25) is 9.48 Å². The number of halogens is 3. The third-order valence-electron chi connectivity index (χ3n) is 6.21. The lowest BCUT2D eigenvalue weighted by Crippen LogP contribution is -2.50. The van der Waals surface area contributed by atoms with Gasteiger partial charge in [0.1, 0.15) is 0 Å². The minimum Gasteiger partial charge on any atom is -0.347 e. The average molecular weight is 517 g/mol. The van der Waals surface area contributed by atoms with Crippen LogP contribution in [-0.4, -0.2) is 34.8 Å². The molecule has 1 fully saturated rings. The van der Waals surface area contributed by atoms with E-state index in [1.807, 2.05) is 29.9 Å². The first-order valence-electron chi connectivity index (χ1n) is 11.2. The summed E-state index contributed by atoms with van der Waals surface area (Å²) in [7, 11) is 1.89. The van der Waals surface area contributed by atoms with Crippen LogP contribution >= 0.6 is 15.9 Å². The van der Waals surface area contributed by atoms with Crippen molar-refractivity contribution in [3.05, 3.63) is 75.4 Å². The van der Waals surface area contributed by atoms with Crippen molar-refractivity contribution in [1.29, 1.82) is 0 Å². The molecule has 0 radical (unpaired) electrons. The summed E-state index contributed by atoms with van der Waals surface area (Å²) in [4.78, 5) is 13.2. The Morgan fingerprint density at radius 3 is 2.76 bits per heavy atom. The number of hydrogen-bond donors (Lipinski definition) is 2. The molecule has 3 aromatic rings. The summed E-state index contributed by atoms with van der Waals surface area (Å²) in [5.74, 6) is -2.00. The van der Waals surface area contributed by atoms with Gasteiger partial charge in [0.15, 0.2) is 11.6 Å². The van der Waals surface area contributed by atoms with E-state index in [2.05, 4.69) is 38.6 Å². The summed E-state index contributed by atoms with van der Waals surface area (Å²) in [6, 6.07) is 9.50. The highest BCUT2D eigenvalue weighted by molar-refractivity contribution is 9.10. The van der Waals surface area contributed by atoms with E-state index in [-0.39, 0.29) is 17.9 Å². The van der Waals surface area contributed by atoms with E-state index in [4.69, 9.17) is 0 Å². The molecule has 2 heterocycles. The molecular weight excluding hydrogens is 490 g/mol. The van der Waals surface area contributed by atoms with Gasteiger partial charge in [-0.05, 0) is 70.7 Å². The highest BCUT2D eigenvalue weighted by atomic mass is 79.9. The van der Waals surface area contributed by atoms with E-state index in [0.717, 1.165) is 53.2 Å². The van der Waals surface area contributed by atoms with Crippen LogP contribution in [0.25, 0.3) is 11.3 Å². The standard InChI is InChI=1S/C25H27BrF2N4O/c1-3-4-15-11-17(5-7-19(15)24-20(26)13-30-32(24)2)25(33)31-23-14-29-10-9-18(23)16-6-8-21(27)22(28)12-16/h5-8,11-13,18,23,29H,3-4,9-10,14H2,1-2H3,(H,31,33)/t18-,23+/m0/s1. The van der Waals surface area contributed by atoms with Gasteiger partial charge in [-0.15, -0.1) is 0 Å². The molecule has 8 heteroatoms. The van der Waals surface area contributed by atoms with Crippen molar-refractivity contribution in [2.45, 2.75) is 38.1 Å². The number of nitrogens with one attached hydrogen (secondary N) is 2. The van der Waals surface area contributed by atoms with Crippen LogP contribution in [-0.2, 0) is 13.5 Å². The van der Waals surface area contributed by atoms with E-state index < -0.39 is 11.6 Å². The van der Waals surface area contributed by atoms with Crippen molar-refractivity contribution in [2.24, 2.45) is 7.05 Å². The molecule has 1 saturated heterocycles. The summed E-state index contributed by atoms with van der Waals surface area (Å²) in [6.07, 6.45) is 4.26. The number of amides is 1. The number of nitrogens with zero attached hydrogens (tertiary/aromatic N) is 2. The van der Waals surface area contributed by atoms with Gasteiger partial charge in [-0.2, -0.15) is 5.10 Å². The Balaban J connectivity index is 1.59.